The predicted octanol–water partition coefficient (Wildman–Crippen LogP) is 8.65. The van der Waals surface area contributed by atoms with Crippen molar-refractivity contribution in [2.24, 2.45) is 0 Å². The van der Waals surface area contributed by atoms with Gasteiger partial charge in [0.05, 0.1) is 40.5 Å². The minimum Gasteiger partial charge on any atom is -0.457 e. The Morgan fingerprint density at radius 2 is 1.02 bits per heavy atom. The molecule has 0 N–H and O–H groups in total. The van der Waals surface area contributed by atoms with Gasteiger partial charge in [-0.3, -0.25) is 9.13 Å². The molecule has 9 rings (SSSR count). The third kappa shape index (κ3) is 3.80. The van der Waals surface area contributed by atoms with Gasteiger partial charge in [0, 0.05) is 46.1 Å². The zero-order valence-corrected chi connectivity index (χ0v) is 23.4. The molecule has 208 valence electrons. The van der Waals surface area contributed by atoms with Crippen LogP contribution >= 0.6 is 0 Å². The molecule has 7 heteroatoms. The second-order valence-corrected chi connectivity index (χ2v) is 10.7. The minimum absolute atomic E-state index is 0.718. The molecule has 0 aliphatic heterocycles. The van der Waals surface area contributed by atoms with Crippen LogP contribution in [0.2, 0.25) is 0 Å². The van der Waals surface area contributed by atoms with Crippen molar-refractivity contribution in [1.82, 2.24) is 28.9 Å². The Morgan fingerprint density at radius 1 is 0.477 bits per heavy atom. The van der Waals surface area contributed by atoms with Crippen LogP contribution in [0.1, 0.15) is 0 Å². The third-order valence-electron chi connectivity index (χ3n) is 8.09. The fourth-order valence-corrected chi connectivity index (χ4v) is 6.20. The molecule has 9 aromatic rings. The van der Waals surface area contributed by atoms with Crippen molar-refractivity contribution >= 4 is 43.9 Å². The maximum absolute atomic E-state index is 6.41. The van der Waals surface area contributed by atoms with E-state index in [0.717, 1.165) is 67.0 Å². The second-order valence-electron chi connectivity index (χ2n) is 10.7. The number of pyridine rings is 2. The van der Waals surface area contributed by atoms with E-state index >= 15 is 0 Å². The Bertz CT molecular complexity index is 2400. The maximum atomic E-state index is 6.41. The molecule has 0 bridgehead atoms. The molecule has 7 nitrogen and oxygen atoms in total. The van der Waals surface area contributed by atoms with Crippen molar-refractivity contribution in [3.63, 3.8) is 0 Å². The standard InChI is InChI=1S/C37H24N6O/c1-3-17-34-30(13-1)32-15-7-19-38-36(32)42(34)26-10-6-12-29(22-26)44-28-11-5-9-25(21-28)41-24-27(23-40-41)43-35-18-4-2-14-31(35)33-16-8-20-39-37(33)43/h1-24H. The first-order valence-electron chi connectivity index (χ1n) is 14.4. The van der Waals surface area contributed by atoms with Gasteiger partial charge in [-0.15, -0.1) is 0 Å². The van der Waals surface area contributed by atoms with Crippen LogP contribution in [0.25, 0.3) is 60.9 Å². The summed E-state index contributed by atoms with van der Waals surface area (Å²) < 4.78 is 12.6. The fraction of sp³-hybridized carbons (Fsp3) is 0. The van der Waals surface area contributed by atoms with E-state index in [0.29, 0.717) is 0 Å². The van der Waals surface area contributed by atoms with Gasteiger partial charge < -0.3 is 4.74 Å². The number of para-hydroxylation sites is 2. The van der Waals surface area contributed by atoms with Gasteiger partial charge in [-0.2, -0.15) is 5.10 Å². The van der Waals surface area contributed by atoms with Gasteiger partial charge >= 0.3 is 0 Å². The largest absolute Gasteiger partial charge is 0.457 e. The van der Waals surface area contributed by atoms with Crippen LogP contribution in [-0.2, 0) is 0 Å². The second kappa shape index (κ2) is 9.68. The van der Waals surface area contributed by atoms with Crippen LogP contribution in [0.4, 0.5) is 0 Å². The summed E-state index contributed by atoms with van der Waals surface area (Å²) in [6.45, 7) is 0. The van der Waals surface area contributed by atoms with Gasteiger partial charge in [-0.05, 0) is 60.7 Å². The molecule has 0 radical (unpaired) electrons. The monoisotopic (exact) mass is 568 g/mol. The summed E-state index contributed by atoms with van der Waals surface area (Å²) in [6.07, 6.45) is 7.56. The molecule has 0 saturated carbocycles. The number of fused-ring (bicyclic) bond motifs is 6. The normalized spacial score (nSPS) is 11.6. The van der Waals surface area contributed by atoms with Gasteiger partial charge in [0.25, 0.3) is 0 Å². The first-order chi connectivity index (χ1) is 21.8. The molecule has 0 aliphatic rings. The Kier molecular flexibility index (Phi) is 5.36. The van der Waals surface area contributed by atoms with Crippen LogP contribution in [0.5, 0.6) is 11.5 Å². The maximum Gasteiger partial charge on any atom is 0.145 e. The van der Waals surface area contributed by atoms with E-state index in [1.807, 2.05) is 78.0 Å². The molecule has 5 aromatic heterocycles. The number of hydrogen-bond donors (Lipinski definition) is 0. The predicted molar refractivity (Wildman–Crippen MR) is 174 cm³/mol. The smallest absolute Gasteiger partial charge is 0.145 e. The zero-order chi connectivity index (χ0) is 29.0. The molecule has 0 fully saturated rings. The van der Waals surface area contributed by atoms with E-state index < -0.39 is 0 Å². The highest BCUT2D eigenvalue weighted by Crippen LogP contribution is 2.33. The molecule has 0 spiro atoms. The molecular weight excluding hydrogens is 544 g/mol. The summed E-state index contributed by atoms with van der Waals surface area (Å²) in [5.41, 5.74) is 6.84. The van der Waals surface area contributed by atoms with Crippen molar-refractivity contribution in [2.45, 2.75) is 0 Å². The van der Waals surface area contributed by atoms with E-state index in [2.05, 4.69) is 81.9 Å². The number of rotatable bonds is 5. The molecule has 44 heavy (non-hydrogen) atoms. The Morgan fingerprint density at radius 3 is 1.68 bits per heavy atom. The van der Waals surface area contributed by atoms with Crippen LogP contribution < -0.4 is 4.74 Å². The van der Waals surface area contributed by atoms with Crippen LogP contribution in [0, 0.1) is 0 Å². The molecule has 4 aromatic carbocycles. The topological polar surface area (TPSA) is 62.7 Å². The van der Waals surface area contributed by atoms with Crippen molar-refractivity contribution in [3.05, 3.63) is 146 Å². The summed E-state index contributed by atoms with van der Waals surface area (Å²) in [4.78, 5) is 9.41. The molecule has 0 aliphatic carbocycles. The van der Waals surface area contributed by atoms with Crippen LogP contribution in [0.15, 0.2) is 146 Å². The molecule has 0 saturated heterocycles. The van der Waals surface area contributed by atoms with Crippen molar-refractivity contribution in [2.75, 3.05) is 0 Å². The number of benzene rings is 4. The first-order valence-corrected chi connectivity index (χ1v) is 14.4. The van der Waals surface area contributed by atoms with Gasteiger partial charge in [0.15, 0.2) is 0 Å². The van der Waals surface area contributed by atoms with E-state index in [9.17, 15) is 0 Å². The van der Waals surface area contributed by atoms with Crippen molar-refractivity contribution in [3.8, 4) is 28.6 Å². The van der Waals surface area contributed by atoms with Crippen molar-refractivity contribution in [1.29, 1.82) is 0 Å². The fourth-order valence-electron chi connectivity index (χ4n) is 6.20. The van der Waals surface area contributed by atoms with Crippen LogP contribution in [0.3, 0.4) is 0 Å². The Hall–Kier alpha value is -6.21. The summed E-state index contributed by atoms with van der Waals surface area (Å²) in [5.74, 6) is 1.45. The average molecular weight is 569 g/mol. The highest BCUT2D eigenvalue weighted by atomic mass is 16.5. The molecular formula is C37H24N6O. The van der Waals surface area contributed by atoms with E-state index in [4.69, 9.17) is 19.8 Å². The quantitative estimate of drug-likeness (QED) is 0.208. The summed E-state index contributed by atoms with van der Waals surface area (Å²) in [5, 5.41) is 9.29. The highest BCUT2D eigenvalue weighted by Gasteiger charge is 2.15. The lowest BCUT2D eigenvalue weighted by Gasteiger charge is -2.11. The van der Waals surface area contributed by atoms with Gasteiger partial charge in [0.2, 0.25) is 0 Å². The number of aromatic nitrogens is 6. The molecule has 5 heterocycles. The van der Waals surface area contributed by atoms with Crippen molar-refractivity contribution < 1.29 is 4.74 Å². The molecule has 0 atom stereocenters. The van der Waals surface area contributed by atoms with E-state index in [1.165, 1.54) is 5.39 Å². The average Bonchev–Trinajstić information content (AvgIpc) is 3.78. The lowest BCUT2D eigenvalue weighted by atomic mass is 10.2. The van der Waals surface area contributed by atoms with Gasteiger partial charge in [-0.25, -0.2) is 14.6 Å². The molecule has 0 unspecified atom stereocenters. The highest BCUT2D eigenvalue weighted by molar-refractivity contribution is 6.08. The third-order valence-corrected chi connectivity index (χ3v) is 8.09. The summed E-state index contributed by atoms with van der Waals surface area (Å²) in [7, 11) is 0. The number of nitrogens with zero attached hydrogens (tertiary/aromatic N) is 6. The lowest BCUT2D eigenvalue weighted by molar-refractivity contribution is 0.482. The number of ether oxygens (including phenoxy) is 1. The van der Waals surface area contributed by atoms with E-state index in [-0.39, 0.29) is 0 Å². The Balaban J connectivity index is 1.07. The zero-order valence-electron chi connectivity index (χ0n) is 23.4. The van der Waals surface area contributed by atoms with E-state index in [1.54, 1.807) is 0 Å². The van der Waals surface area contributed by atoms with Gasteiger partial charge in [-0.1, -0.05) is 48.5 Å². The minimum atomic E-state index is 0.718. The van der Waals surface area contributed by atoms with Gasteiger partial charge in [0.1, 0.15) is 22.8 Å². The Labute approximate surface area is 251 Å². The summed E-state index contributed by atoms with van der Waals surface area (Å²) in [6, 6.07) is 41.0. The molecule has 0 amide bonds. The number of hydrogen-bond acceptors (Lipinski definition) is 4. The lowest BCUT2D eigenvalue weighted by Crippen LogP contribution is -1.97. The first kappa shape index (κ1) is 24.4. The SMILES string of the molecule is c1cc(Oc2cccc(-n3c4ccccc4c4cccnc43)c2)cc(-n2cc(-n3c4ccccc4c4cccnc43)cn2)c1. The summed E-state index contributed by atoms with van der Waals surface area (Å²) >= 11 is 0. The van der Waals surface area contributed by atoms with Crippen LogP contribution in [-0.4, -0.2) is 28.9 Å².